The lowest BCUT2D eigenvalue weighted by atomic mass is 10.2. The first kappa shape index (κ1) is 14.5. The van der Waals surface area contributed by atoms with Crippen LogP contribution in [0.25, 0.3) is 0 Å². The number of amides is 1. The number of primary amides is 1. The molecule has 0 atom stereocenters. The Bertz CT molecular complexity index is 540. The molecule has 1 aromatic rings. The summed E-state index contributed by atoms with van der Waals surface area (Å²) >= 11 is 0. The molecule has 0 unspecified atom stereocenters. The van der Waals surface area contributed by atoms with Crippen molar-refractivity contribution >= 4 is 15.9 Å². The zero-order chi connectivity index (χ0) is 13.8. The Kier molecular flexibility index (Phi) is 4.69. The third-order valence-corrected chi connectivity index (χ3v) is 3.72. The first-order valence-corrected chi connectivity index (χ1v) is 6.97. The topological polar surface area (TPSA) is 98.5 Å². The summed E-state index contributed by atoms with van der Waals surface area (Å²) in [6.45, 7) is 3.97. The predicted molar refractivity (Wildman–Crippen MR) is 67.0 cm³/mol. The molecule has 1 amide bonds. The molecule has 0 aliphatic heterocycles. The van der Waals surface area contributed by atoms with Crippen molar-refractivity contribution in [2.45, 2.75) is 18.7 Å². The number of benzene rings is 1. The lowest BCUT2D eigenvalue weighted by Gasteiger charge is -2.12. The molecular weight excluding hydrogens is 256 g/mol. The summed E-state index contributed by atoms with van der Waals surface area (Å²) in [5, 5.41) is 0. The SMILES string of the molecule is CCNS(=O)(=O)c1cc(C(N)=O)ccc1OCC. The molecular formula is C11H16N2O4S. The van der Waals surface area contributed by atoms with Gasteiger partial charge in [0.05, 0.1) is 6.61 Å². The number of carbonyl (C=O) groups excluding carboxylic acids is 1. The molecule has 0 saturated heterocycles. The molecule has 3 N–H and O–H groups in total. The molecule has 18 heavy (non-hydrogen) atoms. The van der Waals surface area contributed by atoms with E-state index in [1.807, 2.05) is 0 Å². The Morgan fingerprint density at radius 1 is 1.39 bits per heavy atom. The zero-order valence-electron chi connectivity index (χ0n) is 10.3. The third kappa shape index (κ3) is 3.21. The van der Waals surface area contributed by atoms with Crippen molar-refractivity contribution in [1.82, 2.24) is 4.72 Å². The molecule has 0 fully saturated rings. The van der Waals surface area contributed by atoms with E-state index in [-0.39, 0.29) is 22.8 Å². The molecule has 1 aromatic carbocycles. The van der Waals surface area contributed by atoms with Crippen LogP contribution in [0.2, 0.25) is 0 Å². The minimum Gasteiger partial charge on any atom is -0.492 e. The molecule has 7 heteroatoms. The number of nitrogens with one attached hydrogen (secondary N) is 1. The van der Waals surface area contributed by atoms with Crippen molar-refractivity contribution < 1.29 is 17.9 Å². The number of rotatable bonds is 6. The van der Waals surface area contributed by atoms with Gasteiger partial charge in [-0.05, 0) is 25.1 Å². The highest BCUT2D eigenvalue weighted by molar-refractivity contribution is 7.89. The van der Waals surface area contributed by atoms with Gasteiger partial charge in [0.15, 0.2) is 0 Å². The van der Waals surface area contributed by atoms with Crippen LogP contribution < -0.4 is 15.2 Å². The molecule has 0 aliphatic carbocycles. The fourth-order valence-corrected chi connectivity index (χ4v) is 2.62. The van der Waals surface area contributed by atoms with E-state index in [0.717, 1.165) is 0 Å². The molecule has 0 spiro atoms. The van der Waals surface area contributed by atoms with Crippen LogP contribution in [0.5, 0.6) is 5.75 Å². The van der Waals surface area contributed by atoms with Crippen LogP contribution in [0.1, 0.15) is 24.2 Å². The van der Waals surface area contributed by atoms with E-state index >= 15 is 0 Å². The highest BCUT2D eigenvalue weighted by Crippen LogP contribution is 2.25. The first-order chi connectivity index (χ1) is 8.42. The van der Waals surface area contributed by atoms with Crippen LogP contribution in [-0.2, 0) is 10.0 Å². The Morgan fingerprint density at radius 3 is 2.56 bits per heavy atom. The molecule has 0 radical (unpaired) electrons. The van der Waals surface area contributed by atoms with Gasteiger partial charge in [-0.15, -0.1) is 0 Å². The smallest absolute Gasteiger partial charge is 0.248 e. The molecule has 0 heterocycles. The number of nitrogens with two attached hydrogens (primary N) is 1. The van der Waals surface area contributed by atoms with Crippen molar-refractivity contribution in [1.29, 1.82) is 0 Å². The summed E-state index contributed by atoms with van der Waals surface area (Å²) in [6.07, 6.45) is 0. The van der Waals surface area contributed by atoms with E-state index in [2.05, 4.69) is 4.72 Å². The van der Waals surface area contributed by atoms with E-state index in [1.165, 1.54) is 18.2 Å². The standard InChI is InChI=1S/C11H16N2O4S/c1-3-13-18(15,16)10-7-8(11(12)14)5-6-9(10)17-4-2/h5-7,13H,3-4H2,1-2H3,(H2,12,14). The van der Waals surface area contributed by atoms with Gasteiger partial charge in [-0.2, -0.15) is 0 Å². The summed E-state index contributed by atoms with van der Waals surface area (Å²) in [4.78, 5) is 11.0. The average molecular weight is 272 g/mol. The van der Waals surface area contributed by atoms with Crippen molar-refractivity contribution in [3.63, 3.8) is 0 Å². The van der Waals surface area contributed by atoms with E-state index in [1.54, 1.807) is 13.8 Å². The van der Waals surface area contributed by atoms with Crippen LogP contribution >= 0.6 is 0 Å². The molecule has 100 valence electrons. The number of hydrogen-bond donors (Lipinski definition) is 2. The Morgan fingerprint density at radius 2 is 2.06 bits per heavy atom. The Balaban J connectivity index is 3.36. The molecule has 0 bridgehead atoms. The Hall–Kier alpha value is -1.60. The van der Waals surface area contributed by atoms with Gasteiger partial charge in [0.25, 0.3) is 0 Å². The average Bonchev–Trinajstić information content (AvgIpc) is 2.29. The molecule has 0 saturated carbocycles. The third-order valence-electron chi connectivity index (χ3n) is 2.15. The second kappa shape index (κ2) is 5.83. The summed E-state index contributed by atoms with van der Waals surface area (Å²) in [5.74, 6) is -0.491. The summed E-state index contributed by atoms with van der Waals surface area (Å²) < 4.78 is 31.5. The van der Waals surface area contributed by atoms with E-state index in [0.29, 0.717) is 6.61 Å². The second-order valence-corrected chi connectivity index (χ2v) is 5.20. The number of ether oxygens (including phenoxy) is 1. The summed E-state index contributed by atoms with van der Waals surface area (Å²) in [6, 6.07) is 4.07. The quantitative estimate of drug-likeness (QED) is 0.787. The summed E-state index contributed by atoms with van der Waals surface area (Å²) in [7, 11) is -3.70. The van der Waals surface area contributed by atoms with Gasteiger partial charge in [0, 0.05) is 12.1 Å². The van der Waals surface area contributed by atoms with Gasteiger partial charge in [-0.25, -0.2) is 13.1 Å². The highest BCUT2D eigenvalue weighted by atomic mass is 32.2. The lowest BCUT2D eigenvalue weighted by molar-refractivity contribution is 0.1000. The fourth-order valence-electron chi connectivity index (χ4n) is 1.41. The van der Waals surface area contributed by atoms with Crippen molar-refractivity contribution in [2.75, 3.05) is 13.2 Å². The lowest BCUT2D eigenvalue weighted by Crippen LogP contribution is -2.24. The minimum atomic E-state index is -3.70. The normalized spacial score (nSPS) is 11.2. The molecule has 1 rings (SSSR count). The van der Waals surface area contributed by atoms with Crippen LogP contribution in [-0.4, -0.2) is 27.5 Å². The van der Waals surface area contributed by atoms with Gasteiger partial charge in [0.1, 0.15) is 10.6 Å². The van der Waals surface area contributed by atoms with Crippen molar-refractivity contribution in [3.8, 4) is 5.75 Å². The minimum absolute atomic E-state index is 0.0810. The number of carbonyl (C=O) groups is 1. The van der Waals surface area contributed by atoms with Crippen LogP contribution in [0.15, 0.2) is 23.1 Å². The number of hydrogen-bond acceptors (Lipinski definition) is 4. The van der Waals surface area contributed by atoms with E-state index in [4.69, 9.17) is 10.5 Å². The van der Waals surface area contributed by atoms with Crippen molar-refractivity contribution in [2.24, 2.45) is 5.73 Å². The second-order valence-electron chi connectivity index (χ2n) is 3.46. The van der Waals surface area contributed by atoms with Crippen LogP contribution in [0.4, 0.5) is 0 Å². The van der Waals surface area contributed by atoms with E-state index < -0.39 is 15.9 Å². The van der Waals surface area contributed by atoms with Gasteiger partial charge in [-0.1, -0.05) is 6.92 Å². The largest absolute Gasteiger partial charge is 0.492 e. The maximum Gasteiger partial charge on any atom is 0.248 e. The molecule has 0 aromatic heterocycles. The zero-order valence-corrected chi connectivity index (χ0v) is 11.1. The molecule has 6 nitrogen and oxygen atoms in total. The van der Waals surface area contributed by atoms with Gasteiger partial charge in [0.2, 0.25) is 15.9 Å². The maximum atomic E-state index is 12.0. The van der Waals surface area contributed by atoms with Gasteiger partial charge in [-0.3, -0.25) is 4.79 Å². The highest BCUT2D eigenvalue weighted by Gasteiger charge is 2.20. The monoisotopic (exact) mass is 272 g/mol. The van der Waals surface area contributed by atoms with Crippen LogP contribution in [0.3, 0.4) is 0 Å². The van der Waals surface area contributed by atoms with Crippen LogP contribution in [0, 0.1) is 0 Å². The fraction of sp³-hybridized carbons (Fsp3) is 0.364. The first-order valence-electron chi connectivity index (χ1n) is 5.48. The number of sulfonamides is 1. The predicted octanol–water partition coefficient (Wildman–Crippen LogP) is 0.482. The van der Waals surface area contributed by atoms with Gasteiger partial charge < -0.3 is 10.5 Å². The Labute approximate surface area is 106 Å². The van der Waals surface area contributed by atoms with E-state index in [9.17, 15) is 13.2 Å². The summed E-state index contributed by atoms with van der Waals surface area (Å²) in [5.41, 5.74) is 5.25. The molecule has 0 aliphatic rings. The maximum absolute atomic E-state index is 12.0. The van der Waals surface area contributed by atoms with Gasteiger partial charge >= 0.3 is 0 Å². The van der Waals surface area contributed by atoms with Crippen molar-refractivity contribution in [3.05, 3.63) is 23.8 Å².